The molecule has 0 radical (unpaired) electrons. The third-order valence-corrected chi connectivity index (χ3v) is 5.59. The molecule has 2 heterocycles. The van der Waals surface area contributed by atoms with Crippen LogP contribution in [0.3, 0.4) is 0 Å². The number of amides is 2. The van der Waals surface area contributed by atoms with E-state index < -0.39 is 5.82 Å². The summed E-state index contributed by atoms with van der Waals surface area (Å²) in [5, 5.41) is 3.36. The van der Waals surface area contributed by atoms with Crippen LogP contribution in [0.5, 0.6) is 0 Å². The molecule has 0 atom stereocenters. The highest BCUT2D eigenvalue weighted by molar-refractivity contribution is 7.99. The Bertz CT molecular complexity index is 1070. The lowest BCUT2D eigenvalue weighted by Crippen LogP contribution is -2.32. The van der Waals surface area contributed by atoms with E-state index in [1.165, 1.54) is 23.9 Å². The van der Waals surface area contributed by atoms with Gasteiger partial charge in [-0.15, -0.1) is 0 Å². The van der Waals surface area contributed by atoms with Crippen LogP contribution in [0.25, 0.3) is 0 Å². The first-order valence-electron chi connectivity index (χ1n) is 9.21. The Morgan fingerprint density at radius 3 is 2.83 bits per heavy atom. The van der Waals surface area contributed by atoms with Crippen molar-refractivity contribution in [2.45, 2.75) is 22.8 Å². The molecule has 0 spiro atoms. The van der Waals surface area contributed by atoms with Crippen molar-refractivity contribution in [2.75, 3.05) is 16.8 Å². The zero-order valence-corrected chi connectivity index (χ0v) is 16.3. The fourth-order valence-electron chi connectivity index (χ4n) is 3.17. The molecular weight excluding hydrogens is 389 g/mol. The van der Waals surface area contributed by atoms with Crippen molar-refractivity contribution in [3.05, 3.63) is 78.2 Å². The average molecular weight is 407 g/mol. The van der Waals surface area contributed by atoms with Gasteiger partial charge in [0.15, 0.2) is 0 Å². The molecule has 1 aliphatic rings. The normalized spacial score (nSPS) is 12.7. The number of hydrogen-bond acceptors (Lipinski definition) is 4. The summed E-state index contributed by atoms with van der Waals surface area (Å²) in [5.41, 5.74) is 1.78. The van der Waals surface area contributed by atoms with Gasteiger partial charge in [-0.25, -0.2) is 9.37 Å². The van der Waals surface area contributed by atoms with E-state index in [2.05, 4.69) is 10.3 Å². The van der Waals surface area contributed by atoms with Crippen molar-refractivity contribution in [1.29, 1.82) is 0 Å². The third-order valence-electron chi connectivity index (χ3n) is 4.50. The smallest absolute Gasteiger partial charge is 0.261 e. The first kappa shape index (κ1) is 19.1. The molecule has 0 aliphatic carbocycles. The lowest BCUT2D eigenvalue weighted by Gasteiger charge is -2.22. The maximum atomic E-state index is 13.3. The second-order valence-corrected chi connectivity index (χ2v) is 7.58. The maximum absolute atomic E-state index is 13.3. The van der Waals surface area contributed by atoms with E-state index in [0.29, 0.717) is 29.2 Å². The van der Waals surface area contributed by atoms with Gasteiger partial charge in [0, 0.05) is 29.7 Å². The molecule has 0 fully saturated rings. The zero-order chi connectivity index (χ0) is 20.2. The molecule has 1 aromatic heterocycles. The highest BCUT2D eigenvalue weighted by Gasteiger charge is 2.27. The van der Waals surface area contributed by atoms with Crippen molar-refractivity contribution >= 4 is 35.0 Å². The molecule has 0 unspecified atom stereocenters. The van der Waals surface area contributed by atoms with Crippen LogP contribution in [-0.4, -0.2) is 23.3 Å². The van der Waals surface area contributed by atoms with Crippen LogP contribution >= 0.6 is 11.8 Å². The second kappa shape index (κ2) is 8.45. The van der Waals surface area contributed by atoms with E-state index in [1.807, 2.05) is 24.3 Å². The summed E-state index contributed by atoms with van der Waals surface area (Å²) in [4.78, 5) is 32.3. The number of fused-ring (bicyclic) bond motifs is 2. The number of pyridine rings is 1. The Labute approximate surface area is 172 Å². The minimum absolute atomic E-state index is 0.129. The monoisotopic (exact) mass is 407 g/mol. The number of benzene rings is 2. The number of halogens is 1. The zero-order valence-electron chi connectivity index (χ0n) is 15.5. The number of nitrogens with zero attached hydrogens (tertiary/aromatic N) is 2. The van der Waals surface area contributed by atoms with Crippen LogP contribution in [0.4, 0.5) is 15.8 Å². The Hall–Kier alpha value is -3.19. The van der Waals surface area contributed by atoms with Crippen LogP contribution in [0, 0.1) is 5.82 Å². The van der Waals surface area contributed by atoms with Gasteiger partial charge in [-0.3, -0.25) is 9.59 Å². The molecule has 2 amide bonds. The lowest BCUT2D eigenvalue weighted by molar-refractivity contribution is -0.116. The number of carbonyl (C=O) groups excluding carboxylic acids is 2. The molecule has 5 nitrogen and oxygen atoms in total. The summed E-state index contributed by atoms with van der Waals surface area (Å²) < 4.78 is 13.3. The molecule has 3 aromatic rings. The number of aromatic nitrogens is 1. The van der Waals surface area contributed by atoms with E-state index in [1.54, 1.807) is 35.4 Å². The maximum Gasteiger partial charge on any atom is 0.261 e. The van der Waals surface area contributed by atoms with Gasteiger partial charge in [-0.2, -0.15) is 0 Å². The predicted molar refractivity (Wildman–Crippen MR) is 111 cm³/mol. The first-order valence-corrected chi connectivity index (χ1v) is 10.0. The van der Waals surface area contributed by atoms with Crippen molar-refractivity contribution < 1.29 is 14.0 Å². The molecule has 4 rings (SSSR count). The summed E-state index contributed by atoms with van der Waals surface area (Å²) in [6.07, 6.45) is 2.37. The molecule has 0 saturated carbocycles. The van der Waals surface area contributed by atoms with Gasteiger partial charge < -0.3 is 10.2 Å². The van der Waals surface area contributed by atoms with Gasteiger partial charge in [0.1, 0.15) is 10.8 Å². The fraction of sp³-hybridized carbons (Fsp3) is 0.136. The molecule has 146 valence electrons. The molecule has 7 heteroatoms. The predicted octanol–water partition coefficient (Wildman–Crippen LogP) is 4.75. The number of hydrogen-bond donors (Lipinski definition) is 1. The van der Waals surface area contributed by atoms with E-state index in [9.17, 15) is 14.0 Å². The quantitative estimate of drug-likeness (QED) is 0.663. The van der Waals surface area contributed by atoms with Crippen molar-refractivity contribution in [3.8, 4) is 0 Å². The Balaban J connectivity index is 1.47. The van der Waals surface area contributed by atoms with Crippen molar-refractivity contribution in [3.63, 3.8) is 0 Å². The van der Waals surface area contributed by atoms with Gasteiger partial charge in [-0.1, -0.05) is 30.0 Å². The van der Waals surface area contributed by atoms with E-state index in [4.69, 9.17) is 0 Å². The third kappa shape index (κ3) is 4.30. The topological polar surface area (TPSA) is 62.3 Å². The van der Waals surface area contributed by atoms with Gasteiger partial charge in [0.25, 0.3) is 5.91 Å². The molecule has 1 N–H and O–H groups in total. The summed E-state index contributed by atoms with van der Waals surface area (Å²) in [6, 6.07) is 17.0. The van der Waals surface area contributed by atoms with Crippen molar-refractivity contribution in [2.24, 2.45) is 0 Å². The SMILES string of the molecule is O=C(CCCN1C(=O)c2cccnc2Sc2ccccc21)Nc1cccc(F)c1. The van der Waals surface area contributed by atoms with Crippen LogP contribution < -0.4 is 10.2 Å². The summed E-state index contributed by atoms with van der Waals surface area (Å²) in [6.45, 7) is 0.390. The number of nitrogens with one attached hydrogen (secondary N) is 1. The van der Waals surface area contributed by atoms with Crippen LogP contribution in [0.2, 0.25) is 0 Å². The van der Waals surface area contributed by atoms with Gasteiger partial charge in [0.05, 0.1) is 11.3 Å². The standard InChI is InChI=1S/C22H18FN3O2S/c23-15-6-3-7-16(14-15)25-20(27)11-5-13-26-18-9-1-2-10-19(18)29-21-17(22(26)28)8-4-12-24-21/h1-4,6-10,12,14H,5,11,13H2,(H,25,27). The number of rotatable bonds is 5. The van der Waals surface area contributed by atoms with Crippen LogP contribution in [0.15, 0.2) is 76.8 Å². The number of carbonyl (C=O) groups is 2. The number of para-hydroxylation sites is 1. The lowest BCUT2D eigenvalue weighted by atomic mass is 10.2. The Morgan fingerprint density at radius 2 is 1.97 bits per heavy atom. The second-order valence-electron chi connectivity index (χ2n) is 6.54. The molecule has 1 aliphatic heterocycles. The minimum atomic E-state index is -0.403. The van der Waals surface area contributed by atoms with E-state index in [0.717, 1.165) is 10.6 Å². The largest absolute Gasteiger partial charge is 0.326 e. The molecular formula is C22H18FN3O2S. The highest BCUT2D eigenvalue weighted by atomic mass is 32.2. The summed E-state index contributed by atoms with van der Waals surface area (Å²) in [7, 11) is 0. The van der Waals surface area contributed by atoms with E-state index in [-0.39, 0.29) is 18.2 Å². The van der Waals surface area contributed by atoms with Crippen LogP contribution in [0.1, 0.15) is 23.2 Å². The number of anilines is 2. The van der Waals surface area contributed by atoms with Crippen molar-refractivity contribution in [1.82, 2.24) is 4.98 Å². The summed E-state index contributed by atoms with van der Waals surface area (Å²) >= 11 is 1.47. The van der Waals surface area contributed by atoms with Gasteiger partial charge >= 0.3 is 0 Å². The Kier molecular flexibility index (Phi) is 5.57. The molecule has 0 saturated heterocycles. The van der Waals surface area contributed by atoms with Gasteiger partial charge in [-0.05, 0) is 48.9 Å². The minimum Gasteiger partial charge on any atom is -0.326 e. The highest BCUT2D eigenvalue weighted by Crippen LogP contribution is 2.40. The molecule has 29 heavy (non-hydrogen) atoms. The average Bonchev–Trinajstić information content (AvgIpc) is 2.83. The molecule has 2 aromatic carbocycles. The first-order chi connectivity index (χ1) is 14.1. The fourth-order valence-corrected chi connectivity index (χ4v) is 4.19. The van der Waals surface area contributed by atoms with E-state index >= 15 is 0 Å². The molecule has 0 bridgehead atoms. The van der Waals surface area contributed by atoms with Gasteiger partial charge in [0.2, 0.25) is 5.91 Å². The summed E-state index contributed by atoms with van der Waals surface area (Å²) in [5.74, 6) is -0.752. The van der Waals surface area contributed by atoms with Crippen LogP contribution in [-0.2, 0) is 4.79 Å². The Morgan fingerprint density at radius 1 is 1.10 bits per heavy atom.